The van der Waals surface area contributed by atoms with Crippen molar-refractivity contribution in [1.29, 1.82) is 0 Å². The van der Waals surface area contributed by atoms with Crippen LogP contribution in [0, 0.1) is 5.92 Å². The zero-order valence-electron chi connectivity index (χ0n) is 19.0. The number of nitrogens with one attached hydrogen (secondary N) is 2. The topological polar surface area (TPSA) is 118 Å². The maximum absolute atomic E-state index is 13.2. The van der Waals surface area contributed by atoms with E-state index in [2.05, 4.69) is 15.6 Å². The fourth-order valence-electron chi connectivity index (χ4n) is 4.12. The van der Waals surface area contributed by atoms with Gasteiger partial charge in [0.05, 0.1) is 21.3 Å². The molecule has 1 atom stereocenters. The van der Waals surface area contributed by atoms with Crippen molar-refractivity contribution in [1.82, 2.24) is 4.98 Å². The number of ether oxygens (including phenoxy) is 1. The molecule has 1 fully saturated rings. The van der Waals surface area contributed by atoms with Gasteiger partial charge >= 0.3 is 18.0 Å². The Hall–Kier alpha value is -3.14. The number of esters is 1. The number of anilines is 2. The summed E-state index contributed by atoms with van der Waals surface area (Å²) in [5, 5.41) is 15.7. The first-order chi connectivity index (χ1) is 17.3. The summed E-state index contributed by atoms with van der Waals surface area (Å²) in [4.78, 5) is 42.7. The summed E-state index contributed by atoms with van der Waals surface area (Å²) in [6, 6.07) is 9.23. The fraction of sp³-hybridized carbons (Fsp3) is 0.280. The number of nitrogens with zero attached hydrogens (tertiary/aromatic N) is 1. The minimum Gasteiger partial charge on any atom is -0.478 e. The van der Waals surface area contributed by atoms with E-state index in [1.54, 1.807) is 42.7 Å². The zero-order valence-corrected chi connectivity index (χ0v) is 21.3. The van der Waals surface area contributed by atoms with Crippen molar-refractivity contribution in [2.24, 2.45) is 5.92 Å². The molecule has 188 valence electrons. The monoisotopic (exact) mass is 547 g/mol. The van der Waals surface area contributed by atoms with Crippen LogP contribution in [-0.4, -0.2) is 34.2 Å². The molecule has 1 saturated carbocycles. The van der Waals surface area contributed by atoms with Gasteiger partial charge in [-0.05, 0) is 37.1 Å². The number of rotatable bonds is 7. The number of aliphatic carboxylic acids is 1. The first-order valence-electron chi connectivity index (χ1n) is 11.3. The number of thiophene rings is 1. The Balaban J connectivity index is 1.61. The lowest BCUT2D eigenvalue weighted by Gasteiger charge is -2.27. The normalized spacial score (nSPS) is 14.6. The molecule has 11 heteroatoms. The maximum Gasteiger partial charge on any atom is 0.345 e. The molecule has 8 nitrogen and oxygen atoms in total. The van der Waals surface area contributed by atoms with Crippen LogP contribution in [0.3, 0.4) is 0 Å². The van der Waals surface area contributed by atoms with Crippen LogP contribution in [0.15, 0.2) is 48.8 Å². The molecule has 2 amide bonds. The van der Waals surface area contributed by atoms with Crippen molar-refractivity contribution < 1.29 is 24.2 Å². The van der Waals surface area contributed by atoms with Crippen LogP contribution < -0.4 is 10.6 Å². The molecule has 4 rings (SSSR count). The minimum absolute atomic E-state index is 0.0429. The van der Waals surface area contributed by atoms with Gasteiger partial charge in [-0.3, -0.25) is 10.3 Å². The summed E-state index contributed by atoms with van der Waals surface area (Å²) in [5.74, 6) is -2.26. The maximum atomic E-state index is 13.2. The van der Waals surface area contributed by atoms with Gasteiger partial charge in [0, 0.05) is 28.8 Å². The third-order valence-corrected chi connectivity index (χ3v) is 7.61. The number of urea groups is 1. The molecule has 0 bridgehead atoms. The summed E-state index contributed by atoms with van der Waals surface area (Å²) in [6.07, 6.45) is 6.17. The summed E-state index contributed by atoms with van der Waals surface area (Å²) in [7, 11) is 0. The van der Waals surface area contributed by atoms with Crippen molar-refractivity contribution in [3.05, 3.63) is 64.4 Å². The molecule has 0 aliphatic heterocycles. The van der Waals surface area contributed by atoms with E-state index in [9.17, 15) is 19.5 Å². The quantitative estimate of drug-likeness (QED) is 0.275. The van der Waals surface area contributed by atoms with Crippen molar-refractivity contribution in [3.8, 4) is 10.4 Å². The first kappa shape index (κ1) is 25.9. The summed E-state index contributed by atoms with van der Waals surface area (Å²) in [5.41, 5.74) is 0.984. The van der Waals surface area contributed by atoms with E-state index >= 15 is 0 Å². The number of carboxylic acids is 1. The van der Waals surface area contributed by atoms with Gasteiger partial charge in [-0.15, -0.1) is 11.3 Å². The number of carbonyl (C=O) groups excluding carboxylic acids is 2. The van der Waals surface area contributed by atoms with Crippen molar-refractivity contribution in [3.63, 3.8) is 0 Å². The molecular formula is C25H23Cl2N3O5S. The predicted octanol–water partition coefficient (Wildman–Crippen LogP) is 6.95. The van der Waals surface area contributed by atoms with Crippen LogP contribution in [0.4, 0.5) is 15.5 Å². The zero-order chi connectivity index (χ0) is 25.7. The summed E-state index contributed by atoms with van der Waals surface area (Å²) >= 11 is 13.4. The molecule has 36 heavy (non-hydrogen) atoms. The van der Waals surface area contributed by atoms with E-state index in [4.69, 9.17) is 27.9 Å². The number of hydrogen-bond acceptors (Lipinski definition) is 6. The fourth-order valence-corrected chi connectivity index (χ4v) is 5.64. The number of pyridine rings is 1. The van der Waals surface area contributed by atoms with Crippen molar-refractivity contribution in [2.45, 2.75) is 38.2 Å². The highest BCUT2D eigenvalue weighted by atomic mass is 35.5. The van der Waals surface area contributed by atoms with Crippen LogP contribution in [0.25, 0.3) is 10.4 Å². The summed E-state index contributed by atoms with van der Waals surface area (Å²) in [6.45, 7) is 0. The molecule has 1 aliphatic carbocycles. The van der Waals surface area contributed by atoms with Gasteiger partial charge in [0.25, 0.3) is 0 Å². The molecule has 2 aromatic heterocycles. The molecule has 2 heterocycles. The van der Waals surface area contributed by atoms with Gasteiger partial charge in [0.1, 0.15) is 5.00 Å². The van der Waals surface area contributed by atoms with Crippen LogP contribution >= 0.6 is 34.5 Å². The number of para-hydroxylation sites is 1. The number of halogens is 2. The van der Waals surface area contributed by atoms with Gasteiger partial charge in [0.15, 0.2) is 0 Å². The average molecular weight is 548 g/mol. The number of benzene rings is 1. The molecule has 0 spiro atoms. The lowest BCUT2D eigenvalue weighted by Crippen LogP contribution is -2.35. The number of hydrogen-bond donors (Lipinski definition) is 3. The van der Waals surface area contributed by atoms with Gasteiger partial charge < -0.3 is 15.2 Å². The SMILES string of the molecule is O=C(Nc1sc(-c2cccnc2)cc1C(=O)O[C@H](C(=O)O)C1CCCCC1)Nc1c(Cl)cccc1Cl. The van der Waals surface area contributed by atoms with E-state index in [0.29, 0.717) is 17.7 Å². The van der Waals surface area contributed by atoms with Crippen LogP contribution in [-0.2, 0) is 9.53 Å². The Morgan fingerprint density at radius 1 is 1.06 bits per heavy atom. The predicted molar refractivity (Wildman–Crippen MR) is 140 cm³/mol. The third-order valence-electron chi connectivity index (χ3n) is 5.88. The van der Waals surface area contributed by atoms with Gasteiger partial charge in [-0.25, -0.2) is 14.4 Å². The second-order valence-corrected chi connectivity index (χ2v) is 10.2. The van der Waals surface area contributed by atoms with Crippen LogP contribution in [0.1, 0.15) is 42.5 Å². The number of aromatic nitrogens is 1. The Morgan fingerprint density at radius 3 is 2.42 bits per heavy atom. The third kappa shape index (κ3) is 6.16. The van der Waals surface area contributed by atoms with Gasteiger partial charge in [-0.2, -0.15) is 0 Å². The van der Waals surface area contributed by atoms with E-state index in [1.807, 2.05) is 6.07 Å². The molecule has 1 aliphatic rings. The molecule has 3 N–H and O–H groups in total. The lowest BCUT2D eigenvalue weighted by atomic mass is 9.85. The first-order valence-corrected chi connectivity index (χ1v) is 12.9. The lowest BCUT2D eigenvalue weighted by molar-refractivity contribution is -0.151. The Kier molecular flexibility index (Phi) is 8.45. The highest BCUT2D eigenvalue weighted by Crippen LogP contribution is 2.37. The Morgan fingerprint density at radius 2 is 1.78 bits per heavy atom. The van der Waals surface area contributed by atoms with Crippen LogP contribution in [0.5, 0.6) is 0 Å². The van der Waals surface area contributed by atoms with E-state index in [-0.39, 0.29) is 32.2 Å². The summed E-state index contributed by atoms with van der Waals surface area (Å²) < 4.78 is 5.50. The highest BCUT2D eigenvalue weighted by molar-refractivity contribution is 7.20. The largest absolute Gasteiger partial charge is 0.478 e. The minimum atomic E-state index is -1.26. The Labute approximate surface area is 221 Å². The molecule has 0 saturated heterocycles. The van der Waals surface area contributed by atoms with E-state index in [0.717, 1.165) is 36.2 Å². The van der Waals surface area contributed by atoms with Crippen molar-refractivity contribution in [2.75, 3.05) is 10.6 Å². The van der Waals surface area contributed by atoms with Gasteiger partial charge in [0.2, 0.25) is 6.10 Å². The highest BCUT2D eigenvalue weighted by Gasteiger charge is 2.34. The molecule has 1 aromatic carbocycles. The number of amides is 2. The second kappa shape index (κ2) is 11.7. The molecular weight excluding hydrogens is 525 g/mol. The number of carbonyl (C=O) groups is 3. The number of carboxylic acid groups (broad SMARTS) is 1. The van der Waals surface area contributed by atoms with E-state index < -0.39 is 24.1 Å². The molecule has 0 unspecified atom stereocenters. The van der Waals surface area contributed by atoms with E-state index in [1.165, 1.54) is 0 Å². The smallest absolute Gasteiger partial charge is 0.345 e. The van der Waals surface area contributed by atoms with Gasteiger partial charge in [-0.1, -0.05) is 54.6 Å². The standard InChI is InChI=1S/C25H23Cl2N3O5S/c26-17-9-4-10-18(27)20(17)29-25(34)30-22-16(12-19(36-22)15-8-5-11-28-13-15)24(33)35-21(23(31)32)14-6-2-1-3-7-14/h4-5,8-14,21H,1-3,6-7H2,(H,31,32)(H2,29,30,34)/t21-/m0/s1. The molecule has 0 radical (unpaired) electrons. The second-order valence-electron chi connectivity index (χ2n) is 8.33. The van der Waals surface area contributed by atoms with Crippen LogP contribution in [0.2, 0.25) is 10.0 Å². The van der Waals surface area contributed by atoms with Crippen molar-refractivity contribution >= 4 is 63.2 Å². The average Bonchev–Trinajstić information content (AvgIpc) is 3.29. The molecule has 3 aromatic rings. The Bertz CT molecular complexity index is 1240.